The zero-order valence-corrected chi connectivity index (χ0v) is 15.4. The van der Waals surface area contributed by atoms with Crippen LogP contribution in [-0.2, 0) is 6.54 Å². The van der Waals surface area contributed by atoms with Crippen LogP contribution in [0.15, 0.2) is 48.9 Å². The van der Waals surface area contributed by atoms with Gasteiger partial charge in [-0.25, -0.2) is 4.98 Å². The number of primary amides is 1. The van der Waals surface area contributed by atoms with Crippen LogP contribution in [0.4, 0.5) is 17.5 Å². The Kier molecular flexibility index (Phi) is 5.65. The van der Waals surface area contributed by atoms with Crippen LogP contribution in [0.3, 0.4) is 0 Å². The number of carbonyl (C=O) groups is 1. The molecule has 2 heterocycles. The van der Waals surface area contributed by atoms with Crippen LogP contribution in [0, 0.1) is 0 Å². The molecular weight excluding hydrogens is 342 g/mol. The molecule has 0 saturated heterocycles. The first-order chi connectivity index (χ1) is 13.1. The molecule has 8 nitrogen and oxygen atoms in total. The summed E-state index contributed by atoms with van der Waals surface area (Å²) >= 11 is 0. The van der Waals surface area contributed by atoms with Gasteiger partial charge in [0, 0.05) is 25.5 Å². The molecule has 0 fully saturated rings. The molecule has 3 rings (SSSR count). The number of carbonyl (C=O) groups excluding carboxylic acids is 1. The standard InChI is InChI=1S/C19H23N7O/c1-3-26-12-15(10-23-26)24-19-22-11-16(17(20)27)18(25-19)21-9-13(2)14-7-5-4-6-8-14/h4-8,10-13H,3,9H2,1-2H3,(H2,20,27)(H2,21,22,24,25)/t13-/m0/s1. The van der Waals surface area contributed by atoms with Gasteiger partial charge in [0.05, 0.1) is 17.4 Å². The fraction of sp³-hybridized carbons (Fsp3) is 0.263. The summed E-state index contributed by atoms with van der Waals surface area (Å²) in [4.78, 5) is 20.3. The normalized spacial score (nSPS) is 11.8. The Morgan fingerprint density at radius 2 is 2.04 bits per heavy atom. The number of amides is 1. The first-order valence-corrected chi connectivity index (χ1v) is 8.82. The number of aromatic nitrogens is 4. The summed E-state index contributed by atoms with van der Waals surface area (Å²) in [6.45, 7) is 5.48. The lowest BCUT2D eigenvalue weighted by Crippen LogP contribution is -2.19. The maximum Gasteiger partial charge on any atom is 0.254 e. The first-order valence-electron chi connectivity index (χ1n) is 8.82. The fourth-order valence-electron chi connectivity index (χ4n) is 2.64. The number of aryl methyl sites for hydroxylation is 1. The maximum absolute atomic E-state index is 11.7. The highest BCUT2D eigenvalue weighted by atomic mass is 16.1. The Morgan fingerprint density at radius 3 is 2.70 bits per heavy atom. The van der Waals surface area contributed by atoms with Gasteiger partial charge >= 0.3 is 0 Å². The van der Waals surface area contributed by atoms with Gasteiger partial charge in [-0.2, -0.15) is 10.1 Å². The van der Waals surface area contributed by atoms with Gasteiger partial charge in [0.15, 0.2) is 0 Å². The van der Waals surface area contributed by atoms with Crippen molar-refractivity contribution in [2.24, 2.45) is 5.73 Å². The lowest BCUT2D eigenvalue weighted by atomic mass is 10.0. The van der Waals surface area contributed by atoms with Crippen LogP contribution in [0.2, 0.25) is 0 Å². The summed E-state index contributed by atoms with van der Waals surface area (Å²) in [5.74, 6) is 0.437. The third kappa shape index (κ3) is 4.60. The van der Waals surface area contributed by atoms with Gasteiger partial charge in [-0.15, -0.1) is 0 Å². The molecule has 8 heteroatoms. The van der Waals surface area contributed by atoms with E-state index in [4.69, 9.17) is 5.73 Å². The van der Waals surface area contributed by atoms with E-state index in [2.05, 4.69) is 44.8 Å². The predicted octanol–water partition coefficient (Wildman–Crippen LogP) is 2.75. The van der Waals surface area contributed by atoms with E-state index in [-0.39, 0.29) is 11.5 Å². The molecule has 27 heavy (non-hydrogen) atoms. The lowest BCUT2D eigenvalue weighted by Gasteiger charge is -2.15. The van der Waals surface area contributed by atoms with Gasteiger partial charge in [0.25, 0.3) is 5.91 Å². The molecule has 0 aliphatic carbocycles. The number of rotatable bonds is 8. The van der Waals surface area contributed by atoms with E-state index < -0.39 is 5.91 Å². The minimum Gasteiger partial charge on any atom is -0.369 e. The molecule has 0 bridgehead atoms. The number of hydrogen-bond donors (Lipinski definition) is 3. The maximum atomic E-state index is 11.7. The van der Waals surface area contributed by atoms with Crippen LogP contribution >= 0.6 is 0 Å². The third-order valence-corrected chi connectivity index (χ3v) is 4.21. The van der Waals surface area contributed by atoms with Crippen molar-refractivity contribution in [1.29, 1.82) is 0 Å². The molecule has 1 amide bonds. The number of anilines is 3. The minimum atomic E-state index is -0.574. The van der Waals surface area contributed by atoms with Gasteiger partial charge < -0.3 is 16.4 Å². The summed E-state index contributed by atoms with van der Waals surface area (Å²) in [6, 6.07) is 10.1. The number of nitrogens with one attached hydrogen (secondary N) is 2. The SMILES string of the molecule is CCn1cc(Nc2ncc(C(N)=O)c(NC[C@H](C)c3ccccc3)n2)cn1. The van der Waals surface area contributed by atoms with E-state index in [0.717, 1.165) is 12.2 Å². The predicted molar refractivity (Wildman–Crippen MR) is 105 cm³/mol. The number of nitrogens with zero attached hydrogens (tertiary/aromatic N) is 4. The average Bonchev–Trinajstić information content (AvgIpc) is 3.14. The Balaban J connectivity index is 1.76. The number of nitrogens with two attached hydrogens (primary N) is 1. The molecule has 0 unspecified atom stereocenters. The van der Waals surface area contributed by atoms with Gasteiger partial charge in [-0.3, -0.25) is 9.48 Å². The molecule has 0 saturated carbocycles. The van der Waals surface area contributed by atoms with E-state index in [0.29, 0.717) is 18.3 Å². The topological polar surface area (TPSA) is 111 Å². The van der Waals surface area contributed by atoms with Crippen molar-refractivity contribution in [3.05, 3.63) is 60.0 Å². The summed E-state index contributed by atoms with van der Waals surface area (Å²) < 4.78 is 1.79. The highest BCUT2D eigenvalue weighted by Crippen LogP contribution is 2.20. The zero-order valence-electron chi connectivity index (χ0n) is 15.4. The van der Waals surface area contributed by atoms with Gasteiger partial charge in [0.2, 0.25) is 5.95 Å². The second-order valence-corrected chi connectivity index (χ2v) is 6.22. The van der Waals surface area contributed by atoms with E-state index in [1.165, 1.54) is 11.8 Å². The molecule has 0 radical (unpaired) electrons. The molecule has 140 valence electrons. The minimum absolute atomic E-state index is 0.237. The van der Waals surface area contributed by atoms with Gasteiger partial charge in [-0.05, 0) is 18.4 Å². The lowest BCUT2D eigenvalue weighted by molar-refractivity contribution is 0.100. The third-order valence-electron chi connectivity index (χ3n) is 4.21. The van der Waals surface area contributed by atoms with Crippen LogP contribution in [0.5, 0.6) is 0 Å². The van der Waals surface area contributed by atoms with Crippen molar-refractivity contribution < 1.29 is 4.79 Å². The summed E-state index contributed by atoms with van der Waals surface area (Å²) in [7, 11) is 0. The largest absolute Gasteiger partial charge is 0.369 e. The second kappa shape index (κ2) is 8.31. The highest BCUT2D eigenvalue weighted by molar-refractivity contribution is 5.97. The van der Waals surface area contributed by atoms with Crippen LogP contribution in [-0.4, -0.2) is 32.2 Å². The van der Waals surface area contributed by atoms with Crippen LogP contribution in [0.25, 0.3) is 0 Å². The Morgan fingerprint density at radius 1 is 1.26 bits per heavy atom. The molecule has 0 spiro atoms. The quantitative estimate of drug-likeness (QED) is 0.566. The molecule has 4 N–H and O–H groups in total. The van der Waals surface area contributed by atoms with E-state index in [1.54, 1.807) is 10.9 Å². The zero-order chi connectivity index (χ0) is 19.2. The van der Waals surface area contributed by atoms with Crippen molar-refractivity contribution in [2.75, 3.05) is 17.2 Å². The van der Waals surface area contributed by atoms with E-state index >= 15 is 0 Å². The molecule has 2 aromatic heterocycles. The monoisotopic (exact) mass is 365 g/mol. The molecule has 1 atom stereocenters. The van der Waals surface area contributed by atoms with Crippen LogP contribution < -0.4 is 16.4 Å². The van der Waals surface area contributed by atoms with E-state index in [1.807, 2.05) is 31.3 Å². The summed E-state index contributed by atoms with van der Waals surface area (Å²) in [5.41, 5.74) is 7.69. The summed E-state index contributed by atoms with van der Waals surface area (Å²) in [5, 5.41) is 10.5. The Hall–Kier alpha value is -3.42. The van der Waals surface area contributed by atoms with Crippen LogP contribution in [0.1, 0.15) is 35.7 Å². The second-order valence-electron chi connectivity index (χ2n) is 6.22. The average molecular weight is 365 g/mol. The van der Waals surface area contributed by atoms with Gasteiger partial charge in [-0.1, -0.05) is 37.3 Å². The van der Waals surface area contributed by atoms with Crippen molar-refractivity contribution in [3.8, 4) is 0 Å². The molecule has 0 aliphatic heterocycles. The molecule has 1 aromatic carbocycles. The van der Waals surface area contributed by atoms with Crippen molar-refractivity contribution in [3.63, 3.8) is 0 Å². The number of benzene rings is 1. The Labute approximate surface area is 157 Å². The van der Waals surface area contributed by atoms with Crippen molar-refractivity contribution in [2.45, 2.75) is 26.3 Å². The molecule has 0 aliphatic rings. The van der Waals surface area contributed by atoms with Crippen molar-refractivity contribution >= 4 is 23.4 Å². The molecule has 3 aromatic rings. The summed E-state index contributed by atoms with van der Waals surface area (Å²) in [6.07, 6.45) is 4.98. The van der Waals surface area contributed by atoms with Crippen molar-refractivity contribution in [1.82, 2.24) is 19.7 Å². The highest BCUT2D eigenvalue weighted by Gasteiger charge is 2.14. The smallest absolute Gasteiger partial charge is 0.254 e. The first kappa shape index (κ1) is 18.4. The Bertz CT molecular complexity index is 907. The van der Waals surface area contributed by atoms with E-state index in [9.17, 15) is 4.79 Å². The number of hydrogen-bond acceptors (Lipinski definition) is 6. The molecular formula is C19H23N7O. The van der Waals surface area contributed by atoms with Gasteiger partial charge in [0.1, 0.15) is 5.82 Å². The fourth-order valence-corrected chi connectivity index (χ4v) is 2.64.